The second kappa shape index (κ2) is 10.5. The number of methoxy groups -OCH3 is 2. The van der Waals surface area contributed by atoms with E-state index in [0.29, 0.717) is 13.2 Å². The molecule has 0 aliphatic carbocycles. The van der Waals surface area contributed by atoms with Gasteiger partial charge >= 0.3 is 5.97 Å². The zero-order chi connectivity index (χ0) is 18.1. The van der Waals surface area contributed by atoms with Crippen molar-refractivity contribution in [2.45, 2.75) is 32.7 Å². The summed E-state index contributed by atoms with van der Waals surface area (Å²) in [4.78, 5) is 26.9. The van der Waals surface area contributed by atoms with Crippen LogP contribution < -0.4 is 0 Å². The Balaban J connectivity index is 3.21. The van der Waals surface area contributed by atoms with Crippen LogP contribution in [0, 0.1) is 5.92 Å². The number of ether oxygens (including phenoxy) is 2. The molecule has 2 atom stereocenters. The van der Waals surface area contributed by atoms with Crippen molar-refractivity contribution in [3.8, 4) is 0 Å². The summed E-state index contributed by atoms with van der Waals surface area (Å²) in [5.41, 5.74) is 0.721. The molecular weight excluding hydrogens is 374 g/mol. The third-order valence-corrected chi connectivity index (χ3v) is 4.41. The summed E-state index contributed by atoms with van der Waals surface area (Å²) in [6, 6.07) is 6.57. The van der Waals surface area contributed by atoms with E-state index in [1.807, 2.05) is 38.1 Å². The third kappa shape index (κ3) is 5.60. The van der Waals surface area contributed by atoms with Crippen LogP contribution >= 0.6 is 15.9 Å². The first-order chi connectivity index (χ1) is 11.5. The Kier molecular flexibility index (Phi) is 9.00. The number of esters is 1. The molecular formula is C18H26BrNO4. The number of carbonyl (C=O) groups is 2. The monoisotopic (exact) mass is 399 g/mol. The van der Waals surface area contributed by atoms with E-state index in [1.165, 1.54) is 7.11 Å². The van der Waals surface area contributed by atoms with Gasteiger partial charge in [0.1, 0.15) is 0 Å². The number of amides is 1. The van der Waals surface area contributed by atoms with Crippen LogP contribution in [-0.2, 0) is 19.1 Å². The van der Waals surface area contributed by atoms with E-state index in [2.05, 4.69) is 15.9 Å². The van der Waals surface area contributed by atoms with Crippen molar-refractivity contribution < 1.29 is 19.1 Å². The minimum atomic E-state index is -0.773. The van der Waals surface area contributed by atoms with E-state index in [4.69, 9.17) is 9.47 Å². The lowest BCUT2D eigenvalue weighted by Gasteiger charge is -2.32. The molecule has 1 aromatic rings. The Morgan fingerprint density at radius 2 is 1.83 bits per heavy atom. The maximum atomic E-state index is 12.9. The highest BCUT2D eigenvalue weighted by atomic mass is 79.9. The van der Waals surface area contributed by atoms with Crippen molar-refractivity contribution in [1.82, 2.24) is 4.90 Å². The molecule has 5 nitrogen and oxygen atoms in total. The van der Waals surface area contributed by atoms with Crippen LogP contribution in [0.15, 0.2) is 28.7 Å². The lowest BCUT2D eigenvalue weighted by Crippen LogP contribution is -2.43. The average Bonchev–Trinajstić information content (AvgIpc) is 2.58. The molecule has 6 heteroatoms. The first-order valence-corrected chi connectivity index (χ1v) is 8.88. The highest BCUT2D eigenvalue weighted by molar-refractivity contribution is 9.10. The van der Waals surface area contributed by atoms with Gasteiger partial charge in [0.25, 0.3) is 0 Å². The summed E-state index contributed by atoms with van der Waals surface area (Å²) in [7, 11) is 2.91. The van der Waals surface area contributed by atoms with Crippen molar-refractivity contribution in [2.24, 2.45) is 5.92 Å². The van der Waals surface area contributed by atoms with Crippen LogP contribution in [0.25, 0.3) is 0 Å². The Bertz CT molecular complexity index is 532. The fourth-order valence-electron chi connectivity index (χ4n) is 2.60. The number of hydrogen-bond acceptors (Lipinski definition) is 4. The van der Waals surface area contributed by atoms with Gasteiger partial charge in [0.2, 0.25) is 5.91 Å². The smallest absolute Gasteiger partial charge is 0.333 e. The predicted molar refractivity (Wildman–Crippen MR) is 96.6 cm³/mol. The fourth-order valence-corrected chi connectivity index (χ4v) is 2.86. The topological polar surface area (TPSA) is 55.8 Å². The molecule has 0 radical (unpaired) electrons. The third-order valence-electron chi connectivity index (χ3n) is 3.88. The molecule has 1 rings (SSSR count). The van der Waals surface area contributed by atoms with Crippen LogP contribution in [0.2, 0.25) is 0 Å². The lowest BCUT2D eigenvalue weighted by molar-refractivity contribution is -0.155. The normalized spacial score (nSPS) is 13.2. The SMILES string of the molecule is CCC[C@@H](C)C(=O)N(CCOC)[C@@H](C(=O)OC)c1ccc(Br)cc1. The summed E-state index contributed by atoms with van der Waals surface area (Å²) < 4.78 is 11.0. The summed E-state index contributed by atoms with van der Waals surface area (Å²) in [6.07, 6.45) is 1.68. The molecule has 24 heavy (non-hydrogen) atoms. The molecule has 0 N–H and O–H groups in total. The van der Waals surface area contributed by atoms with E-state index >= 15 is 0 Å². The quantitative estimate of drug-likeness (QED) is 0.595. The second-order valence-electron chi connectivity index (χ2n) is 5.69. The first-order valence-electron chi connectivity index (χ1n) is 8.08. The summed E-state index contributed by atoms with van der Waals surface area (Å²) in [6.45, 7) is 4.62. The van der Waals surface area contributed by atoms with E-state index in [1.54, 1.807) is 12.0 Å². The van der Waals surface area contributed by atoms with Gasteiger partial charge < -0.3 is 14.4 Å². The molecule has 1 aromatic carbocycles. The van der Waals surface area contributed by atoms with Crippen molar-refractivity contribution in [2.75, 3.05) is 27.4 Å². The Morgan fingerprint density at radius 1 is 1.21 bits per heavy atom. The standard InChI is InChI=1S/C18H26BrNO4/c1-5-6-13(2)17(21)20(11-12-23-3)16(18(22)24-4)14-7-9-15(19)10-8-14/h7-10,13,16H,5-6,11-12H2,1-4H3/t13-,16-/m1/s1. The summed E-state index contributed by atoms with van der Waals surface area (Å²) >= 11 is 3.38. The molecule has 0 spiro atoms. The van der Waals surface area contributed by atoms with E-state index in [0.717, 1.165) is 22.9 Å². The van der Waals surface area contributed by atoms with E-state index < -0.39 is 12.0 Å². The molecule has 0 heterocycles. The predicted octanol–water partition coefficient (Wildman–Crippen LogP) is 3.57. The number of benzene rings is 1. The molecule has 0 unspecified atom stereocenters. The Labute approximate surface area is 152 Å². The first kappa shape index (κ1) is 20.6. The van der Waals surface area contributed by atoms with Crippen LogP contribution in [0.4, 0.5) is 0 Å². The van der Waals surface area contributed by atoms with Crippen molar-refractivity contribution in [1.29, 1.82) is 0 Å². The molecule has 0 aromatic heterocycles. The van der Waals surface area contributed by atoms with Gasteiger partial charge in [-0.25, -0.2) is 4.79 Å². The molecule has 1 amide bonds. The summed E-state index contributed by atoms with van der Waals surface area (Å²) in [5, 5.41) is 0. The van der Waals surface area contributed by atoms with Crippen molar-refractivity contribution in [3.05, 3.63) is 34.3 Å². The van der Waals surface area contributed by atoms with Gasteiger partial charge in [0.15, 0.2) is 6.04 Å². The van der Waals surface area contributed by atoms with Crippen LogP contribution in [0.3, 0.4) is 0 Å². The van der Waals surface area contributed by atoms with Crippen molar-refractivity contribution >= 4 is 27.8 Å². The highest BCUT2D eigenvalue weighted by Crippen LogP contribution is 2.26. The van der Waals surface area contributed by atoms with Crippen LogP contribution in [-0.4, -0.2) is 44.1 Å². The van der Waals surface area contributed by atoms with Gasteiger partial charge in [-0.2, -0.15) is 0 Å². The van der Waals surface area contributed by atoms with Gasteiger partial charge in [-0.3, -0.25) is 4.79 Å². The maximum absolute atomic E-state index is 12.9. The number of halogens is 1. The highest BCUT2D eigenvalue weighted by Gasteiger charge is 2.33. The van der Waals surface area contributed by atoms with Crippen molar-refractivity contribution in [3.63, 3.8) is 0 Å². The van der Waals surface area contributed by atoms with Gasteiger partial charge in [-0.1, -0.05) is 48.3 Å². The molecule has 134 valence electrons. The minimum absolute atomic E-state index is 0.0628. The molecule has 0 bridgehead atoms. The van der Waals surface area contributed by atoms with Gasteiger partial charge in [-0.05, 0) is 24.1 Å². The molecule has 0 saturated heterocycles. The number of hydrogen-bond donors (Lipinski definition) is 0. The Hall–Kier alpha value is -1.40. The second-order valence-corrected chi connectivity index (χ2v) is 6.61. The number of carbonyl (C=O) groups excluding carboxylic acids is 2. The molecule has 0 saturated carbocycles. The zero-order valence-corrected chi connectivity index (χ0v) is 16.3. The van der Waals surface area contributed by atoms with E-state index in [-0.39, 0.29) is 11.8 Å². The van der Waals surface area contributed by atoms with Crippen LogP contribution in [0.5, 0.6) is 0 Å². The van der Waals surface area contributed by atoms with Gasteiger partial charge in [-0.15, -0.1) is 0 Å². The van der Waals surface area contributed by atoms with Crippen LogP contribution in [0.1, 0.15) is 38.3 Å². The van der Waals surface area contributed by atoms with Gasteiger partial charge in [0.05, 0.1) is 13.7 Å². The summed E-state index contributed by atoms with van der Waals surface area (Å²) in [5.74, 6) is -0.674. The fraction of sp³-hybridized carbons (Fsp3) is 0.556. The lowest BCUT2D eigenvalue weighted by atomic mass is 10.00. The zero-order valence-electron chi connectivity index (χ0n) is 14.8. The number of rotatable bonds is 9. The molecule has 0 aliphatic heterocycles. The Morgan fingerprint density at radius 3 is 2.33 bits per heavy atom. The largest absolute Gasteiger partial charge is 0.467 e. The molecule has 0 aliphatic rings. The number of nitrogens with zero attached hydrogens (tertiary/aromatic N) is 1. The molecule has 0 fully saturated rings. The maximum Gasteiger partial charge on any atom is 0.333 e. The van der Waals surface area contributed by atoms with Gasteiger partial charge in [0, 0.05) is 24.0 Å². The average molecular weight is 400 g/mol. The van der Waals surface area contributed by atoms with E-state index in [9.17, 15) is 9.59 Å². The minimum Gasteiger partial charge on any atom is -0.467 e.